The lowest BCUT2D eigenvalue weighted by atomic mass is 10.1. The molecule has 35 heavy (non-hydrogen) atoms. The van der Waals surface area contributed by atoms with Gasteiger partial charge in [-0.15, -0.1) is 0 Å². The minimum atomic E-state index is -0.684. The third-order valence-corrected chi connectivity index (χ3v) is 6.46. The van der Waals surface area contributed by atoms with Crippen LogP contribution in [0.3, 0.4) is 0 Å². The second-order valence-electron chi connectivity index (χ2n) is 8.95. The summed E-state index contributed by atoms with van der Waals surface area (Å²) in [6, 6.07) is 7.88. The monoisotopic (exact) mass is 499 g/mol. The Morgan fingerprint density at radius 3 is 2.54 bits per heavy atom. The van der Waals surface area contributed by atoms with E-state index in [0.29, 0.717) is 43.0 Å². The summed E-state index contributed by atoms with van der Waals surface area (Å²) in [6.45, 7) is 9.29. The van der Waals surface area contributed by atoms with Crippen molar-refractivity contribution >= 4 is 34.4 Å². The molecule has 4 rings (SSSR count). The molecule has 2 aromatic heterocycles. The lowest BCUT2D eigenvalue weighted by molar-refractivity contribution is -0.126. The number of hydrogen-bond donors (Lipinski definition) is 0. The molecule has 10 heteroatoms. The Morgan fingerprint density at radius 2 is 1.91 bits per heavy atom. The van der Waals surface area contributed by atoms with Gasteiger partial charge in [0.25, 0.3) is 0 Å². The second kappa shape index (κ2) is 9.75. The predicted molar refractivity (Wildman–Crippen MR) is 134 cm³/mol. The number of aromatic nitrogens is 3. The van der Waals surface area contributed by atoms with Gasteiger partial charge >= 0.3 is 5.69 Å². The molecule has 1 aliphatic heterocycles. The molecule has 0 atom stereocenters. The number of carbonyl (C=O) groups is 1. The molecule has 0 bridgehead atoms. The first-order chi connectivity index (χ1) is 16.6. The van der Waals surface area contributed by atoms with Crippen LogP contribution < -0.4 is 10.6 Å². The average Bonchev–Trinajstić information content (AvgIpc) is 2.85. The highest BCUT2D eigenvalue weighted by Gasteiger charge is 2.27. The molecule has 0 saturated carbocycles. The Balaban J connectivity index is 1.89. The predicted octanol–water partition coefficient (Wildman–Crippen LogP) is 3.51. The summed E-state index contributed by atoms with van der Waals surface area (Å²) in [4.78, 5) is 37.9. The Bertz CT molecular complexity index is 1350. The molecule has 184 valence electrons. The van der Waals surface area contributed by atoms with Crippen LogP contribution in [-0.4, -0.2) is 64.2 Å². The standard InChI is InChI=1S/C25H27ClFN5O3/c1-5-20(33)30-10-12-31(13-11-30)22-17-14-18(26)21(16-8-6-7-9-19(16)27)28-23(17)32(24(34)29-22)15-25(2,3)35-4/h5-9,14H,1,10-13,15H2,2-4H3. The normalized spacial score (nSPS) is 14.4. The Hall–Kier alpha value is -3.30. The number of benzene rings is 1. The van der Waals surface area contributed by atoms with Crippen molar-refractivity contribution in [1.29, 1.82) is 0 Å². The van der Waals surface area contributed by atoms with Crippen molar-refractivity contribution in [2.24, 2.45) is 0 Å². The molecule has 1 aliphatic rings. The zero-order chi connectivity index (χ0) is 25.3. The van der Waals surface area contributed by atoms with Crippen LogP contribution in [-0.2, 0) is 16.1 Å². The van der Waals surface area contributed by atoms with E-state index in [-0.39, 0.29) is 28.7 Å². The van der Waals surface area contributed by atoms with Crippen molar-refractivity contribution in [2.75, 3.05) is 38.2 Å². The van der Waals surface area contributed by atoms with E-state index in [0.717, 1.165) is 0 Å². The lowest BCUT2D eigenvalue weighted by Crippen LogP contribution is -2.49. The highest BCUT2D eigenvalue weighted by Crippen LogP contribution is 2.34. The first-order valence-electron chi connectivity index (χ1n) is 11.2. The molecule has 3 aromatic rings. The number of hydrogen-bond acceptors (Lipinski definition) is 6. The van der Waals surface area contributed by atoms with Crippen molar-refractivity contribution in [2.45, 2.75) is 26.0 Å². The topological polar surface area (TPSA) is 80.6 Å². The molecule has 1 aromatic carbocycles. The molecule has 8 nitrogen and oxygen atoms in total. The third kappa shape index (κ3) is 4.92. The maximum absolute atomic E-state index is 14.6. The van der Waals surface area contributed by atoms with Gasteiger partial charge in [-0.1, -0.05) is 30.3 Å². The van der Waals surface area contributed by atoms with E-state index in [2.05, 4.69) is 16.5 Å². The first kappa shape index (κ1) is 24.8. The summed E-state index contributed by atoms with van der Waals surface area (Å²) in [5.41, 5.74) is -0.386. The van der Waals surface area contributed by atoms with E-state index in [9.17, 15) is 14.0 Å². The van der Waals surface area contributed by atoms with Crippen molar-refractivity contribution in [1.82, 2.24) is 19.4 Å². The number of piperazine rings is 1. The van der Waals surface area contributed by atoms with E-state index < -0.39 is 17.1 Å². The molecule has 1 amide bonds. The van der Waals surface area contributed by atoms with Crippen LogP contribution in [0.15, 0.2) is 47.8 Å². The minimum Gasteiger partial charge on any atom is -0.377 e. The molecule has 0 unspecified atom stereocenters. The molecule has 0 N–H and O–H groups in total. The quantitative estimate of drug-likeness (QED) is 0.483. The summed E-state index contributed by atoms with van der Waals surface area (Å²) in [5.74, 6) is -0.180. The number of nitrogens with zero attached hydrogens (tertiary/aromatic N) is 5. The summed E-state index contributed by atoms with van der Waals surface area (Å²) in [6.07, 6.45) is 1.29. The third-order valence-electron chi connectivity index (χ3n) is 6.17. The number of carbonyl (C=O) groups excluding carboxylic acids is 1. The van der Waals surface area contributed by atoms with Gasteiger partial charge in [0.2, 0.25) is 5.91 Å². The molecule has 0 spiro atoms. The number of fused-ring (bicyclic) bond motifs is 1. The van der Waals surface area contributed by atoms with Crippen molar-refractivity contribution in [3.63, 3.8) is 0 Å². The largest absolute Gasteiger partial charge is 0.377 e. The minimum absolute atomic E-state index is 0.140. The van der Waals surface area contributed by atoms with Gasteiger partial charge in [-0.2, -0.15) is 4.98 Å². The zero-order valence-corrected chi connectivity index (χ0v) is 20.7. The van der Waals surface area contributed by atoms with Crippen LogP contribution in [0.1, 0.15) is 13.8 Å². The number of ether oxygens (including phenoxy) is 1. The van der Waals surface area contributed by atoms with Crippen molar-refractivity contribution in [3.8, 4) is 11.3 Å². The van der Waals surface area contributed by atoms with Gasteiger partial charge in [-0.25, -0.2) is 14.2 Å². The Kier molecular flexibility index (Phi) is 6.91. The van der Waals surface area contributed by atoms with Gasteiger partial charge in [0.05, 0.1) is 28.2 Å². The number of amides is 1. The van der Waals surface area contributed by atoms with Gasteiger partial charge in [0.15, 0.2) is 0 Å². The van der Waals surface area contributed by atoms with Crippen LogP contribution in [0.25, 0.3) is 22.3 Å². The number of anilines is 1. The van der Waals surface area contributed by atoms with E-state index in [1.807, 2.05) is 18.7 Å². The van der Waals surface area contributed by atoms with Gasteiger partial charge in [-0.3, -0.25) is 9.36 Å². The number of rotatable bonds is 6. The highest BCUT2D eigenvalue weighted by atomic mass is 35.5. The summed E-state index contributed by atoms with van der Waals surface area (Å²) in [7, 11) is 1.56. The van der Waals surface area contributed by atoms with Gasteiger partial charge in [0, 0.05) is 38.9 Å². The van der Waals surface area contributed by atoms with Crippen LogP contribution in [0.5, 0.6) is 0 Å². The van der Waals surface area contributed by atoms with Crippen LogP contribution in [0.2, 0.25) is 5.02 Å². The summed E-state index contributed by atoms with van der Waals surface area (Å²) < 4.78 is 21.6. The molecule has 0 radical (unpaired) electrons. The zero-order valence-electron chi connectivity index (χ0n) is 19.9. The first-order valence-corrected chi connectivity index (χ1v) is 11.6. The van der Waals surface area contributed by atoms with Gasteiger partial charge in [-0.05, 0) is 38.1 Å². The molecule has 1 fully saturated rings. The van der Waals surface area contributed by atoms with Crippen molar-refractivity contribution < 1.29 is 13.9 Å². The lowest BCUT2D eigenvalue weighted by Gasteiger charge is -2.35. The number of halogens is 2. The SMILES string of the molecule is C=CC(=O)N1CCN(c2nc(=O)n(CC(C)(C)OC)c3nc(-c4ccccc4F)c(Cl)cc23)CC1. The van der Waals surface area contributed by atoms with E-state index in [1.54, 1.807) is 36.3 Å². The molecular formula is C25H27ClFN5O3. The fourth-order valence-corrected chi connectivity index (χ4v) is 4.34. The molecule has 1 saturated heterocycles. The number of methoxy groups -OCH3 is 1. The van der Waals surface area contributed by atoms with Crippen LogP contribution in [0.4, 0.5) is 10.2 Å². The second-order valence-corrected chi connectivity index (χ2v) is 9.36. The van der Waals surface area contributed by atoms with E-state index in [4.69, 9.17) is 16.3 Å². The Labute approximate surface area is 207 Å². The van der Waals surface area contributed by atoms with Gasteiger partial charge < -0.3 is 14.5 Å². The summed E-state index contributed by atoms with van der Waals surface area (Å²) in [5, 5.41) is 0.799. The summed E-state index contributed by atoms with van der Waals surface area (Å²) >= 11 is 6.61. The molecular weight excluding hydrogens is 473 g/mol. The fourth-order valence-electron chi connectivity index (χ4n) is 4.09. The maximum Gasteiger partial charge on any atom is 0.351 e. The fraction of sp³-hybridized carbons (Fsp3) is 0.360. The molecule has 0 aliphatic carbocycles. The van der Waals surface area contributed by atoms with Crippen LogP contribution in [0, 0.1) is 5.82 Å². The van der Waals surface area contributed by atoms with E-state index >= 15 is 0 Å². The Morgan fingerprint density at radius 1 is 1.23 bits per heavy atom. The highest BCUT2D eigenvalue weighted by molar-refractivity contribution is 6.33. The maximum atomic E-state index is 14.6. The van der Waals surface area contributed by atoms with Crippen molar-refractivity contribution in [3.05, 3.63) is 64.3 Å². The van der Waals surface area contributed by atoms with E-state index in [1.165, 1.54) is 16.7 Å². The number of pyridine rings is 1. The smallest absolute Gasteiger partial charge is 0.351 e. The average molecular weight is 500 g/mol. The van der Waals surface area contributed by atoms with Gasteiger partial charge in [0.1, 0.15) is 17.3 Å². The molecule has 3 heterocycles. The van der Waals surface area contributed by atoms with Crippen LogP contribution >= 0.6 is 11.6 Å².